The third kappa shape index (κ3) is 4.50. The molecule has 2 fully saturated rings. The van der Waals surface area contributed by atoms with Gasteiger partial charge in [-0.25, -0.2) is 0 Å². The summed E-state index contributed by atoms with van der Waals surface area (Å²) in [6, 6.07) is 0.171. The lowest BCUT2D eigenvalue weighted by Gasteiger charge is -2.34. The Labute approximate surface area is 111 Å². The summed E-state index contributed by atoms with van der Waals surface area (Å²) in [5.41, 5.74) is 6.01. The first kappa shape index (κ1) is 14.3. The standard InChI is InChI=1S/C14H29N3O/c1-18-12-14(15)11-17-8-4-13(5-9-17)10-16-6-2-3-7-16/h13-14H,2-12,15H2,1H3. The minimum absolute atomic E-state index is 0.171. The number of nitrogens with zero attached hydrogens (tertiary/aromatic N) is 2. The van der Waals surface area contributed by atoms with Crippen LogP contribution >= 0.6 is 0 Å². The topological polar surface area (TPSA) is 41.7 Å². The SMILES string of the molecule is COCC(N)CN1CCC(CN2CCCC2)CC1. The predicted octanol–water partition coefficient (Wildman–Crippen LogP) is 0.768. The highest BCUT2D eigenvalue weighted by Crippen LogP contribution is 2.20. The van der Waals surface area contributed by atoms with Crippen molar-refractivity contribution in [3.05, 3.63) is 0 Å². The maximum absolute atomic E-state index is 6.01. The van der Waals surface area contributed by atoms with Crippen molar-refractivity contribution in [1.29, 1.82) is 0 Å². The second kappa shape index (κ2) is 7.43. The maximum atomic E-state index is 6.01. The van der Waals surface area contributed by atoms with E-state index in [0.29, 0.717) is 6.61 Å². The van der Waals surface area contributed by atoms with E-state index in [0.717, 1.165) is 12.5 Å². The van der Waals surface area contributed by atoms with Gasteiger partial charge in [-0.15, -0.1) is 0 Å². The first-order valence-corrected chi connectivity index (χ1v) is 7.47. The van der Waals surface area contributed by atoms with Crippen molar-refractivity contribution in [2.24, 2.45) is 11.7 Å². The van der Waals surface area contributed by atoms with Gasteiger partial charge in [0.05, 0.1) is 6.61 Å². The number of hydrogen-bond donors (Lipinski definition) is 1. The summed E-state index contributed by atoms with van der Waals surface area (Å²) in [5, 5.41) is 0. The number of methoxy groups -OCH3 is 1. The lowest BCUT2D eigenvalue weighted by atomic mass is 9.96. The van der Waals surface area contributed by atoms with Gasteiger partial charge < -0.3 is 20.3 Å². The molecule has 0 saturated carbocycles. The summed E-state index contributed by atoms with van der Waals surface area (Å²) in [6.45, 7) is 8.10. The van der Waals surface area contributed by atoms with E-state index in [-0.39, 0.29) is 6.04 Å². The zero-order valence-corrected chi connectivity index (χ0v) is 11.8. The molecule has 0 aromatic carbocycles. The van der Waals surface area contributed by atoms with E-state index in [1.807, 2.05) is 0 Å². The Bertz CT molecular complexity index is 223. The number of nitrogens with two attached hydrogens (primary N) is 1. The second-order valence-electron chi connectivity index (χ2n) is 5.97. The molecule has 0 bridgehead atoms. The molecule has 2 aliphatic heterocycles. The molecule has 2 saturated heterocycles. The zero-order valence-electron chi connectivity index (χ0n) is 11.8. The van der Waals surface area contributed by atoms with Gasteiger partial charge in [0.15, 0.2) is 0 Å². The van der Waals surface area contributed by atoms with Crippen LogP contribution in [0.4, 0.5) is 0 Å². The summed E-state index contributed by atoms with van der Waals surface area (Å²) < 4.78 is 5.10. The van der Waals surface area contributed by atoms with Gasteiger partial charge in [-0.05, 0) is 57.8 Å². The van der Waals surface area contributed by atoms with Gasteiger partial charge >= 0.3 is 0 Å². The van der Waals surface area contributed by atoms with E-state index in [2.05, 4.69) is 9.80 Å². The van der Waals surface area contributed by atoms with Crippen LogP contribution in [0.1, 0.15) is 25.7 Å². The van der Waals surface area contributed by atoms with Gasteiger partial charge in [0.25, 0.3) is 0 Å². The van der Waals surface area contributed by atoms with Crippen molar-refractivity contribution in [3.63, 3.8) is 0 Å². The summed E-state index contributed by atoms with van der Waals surface area (Å²) in [5.74, 6) is 0.915. The van der Waals surface area contributed by atoms with Gasteiger partial charge in [0.2, 0.25) is 0 Å². The molecule has 0 radical (unpaired) electrons. The van der Waals surface area contributed by atoms with E-state index in [9.17, 15) is 0 Å². The van der Waals surface area contributed by atoms with Crippen molar-refractivity contribution < 1.29 is 4.74 Å². The van der Waals surface area contributed by atoms with Crippen molar-refractivity contribution in [3.8, 4) is 0 Å². The van der Waals surface area contributed by atoms with Crippen LogP contribution < -0.4 is 5.73 Å². The molecule has 2 N–H and O–H groups in total. The average Bonchev–Trinajstić information content (AvgIpc) is 2.85. The molecule has 1 unspecified atom stereocenters. The summed E-state index contributed by atoms with van der Waals surface area (Å²) in [6.07, 6.45) is 5.50. The number of piperidine rings is 1. The van der Waals surface area contributed by atoms with Crippen LogP contribution in [-0.2, 0) is 4.74 Å². The van der Waals surface area contributed by atoms with Crippen LogP contribution in [0, 0.1) is 5.92 Å². The fraction of sp³-hybridized carbons (Fsp3) is 1.00. The summed E-state index contributed by atoms with van der Waals surface area (Å²) in [7, 11) is 1.72. The molecule has 4 heteroatoms. The lowest BCUT2D eigenvalue weighted by molar-refractivity contribution is 0.121. The van der Waals surface area contributed by atoms with E-state index in [1.54, 1.807) is 7.11 Å². The third-order valence-corrected chi connectivity index (χ3v) is 4.30. The zero-order chi connectivity index (χ0) is 12.8. The molecule has 18 heavy (non-hydrogen) atoms. The molecule has 0 aromatic heterocycles. The number of hydrogen-bond acceptors (Lipinski definition) is 4. The molecular weight excluding hydrogens is 226 g/mol. The molecule has 0 spiro atoms. The van der Waals surface area contributed by atoms with Gasteiger partial charge in [-0.3, -0.25) is 0 Å². The van der Waals surface area contributed by atoms with Crippen LogP contribution in [0.3, 0.4) is 0 Å². The minimum atomic E-state index is 0.171. The number of rotatable bonds is 6. The highest BCUT2D eigenvalue weighted by Gasteiger charge is 2.23. The molecule has 1 atom stereocenters. The predicted molar refractivity (Wildman–Crippen MR) is 74.7 cm³/mol. The van der Waals surface area contributed by atoms with E-state index in [4.69, 9.17) is 10.5 Å². The third-order valence-electron chi connectivity index (χ3n) is 4.30. The van der Waals surface area contributed by atoms with Gasteiger partial charge in [-0.1, -0.05) is 0 Å². The number of ether oxygens (including phenoxy) is 1. The second-order valence-corrected chi connectivity index (χ2v) is 5.97. The van der Waals surface area contributed by atoms with Crippen molar-refractivity contribution in [2.75, 3.05) is 53.0 Å². The fourth-order valence-electron chi connectivity index (χ4n) is 3.28. The Morgan fingerprint density at radius 1 is 1.11 bits per heavy atom. The quantitative estimate of drug-likeness (QED) is 0.761. The first-order valence-electron chi connectivity index (χ1n) is 7.47. The molecule has 2 aliphatic rings. The highest BCUT2D eigenvalue weighted by molar-refractivity contribution is 4.79. The Morgan fingerprint density at radius 2 is 1.78 bits per heavy atom. The Hall–Kier alpha value is -0.160. The van der Waals surface area contributed by atoms with Crippen LogP contribution in [0.25, 0.3) is 0 Å². The largest absolute Gasteiger partial charge is 0.383 e. The molecular formula is C14H29N3O. The minimum Gasteiger partial charge on any atom is -0.383 e. The van der Waals surface area contributed by atoms with E-state index < -0.39 is 0 Å². The van der Waals surface area contributed by atoms with Crippen molar-refractivity contribution >= 4 is 0 Å². The molecule has 0 aliphatic carbocycles. The smallest absolute Gasteiger partial charge is 0.0626 e. The van der Waals surface area contributed by atoms with Crippen molar-refractivity contribution in [1.82, 2.24) is 9.80 Å². The van der Waals surface area contributed by atoms with Crippen LogP contribution in [0.15, 0.2) is 0 Å². The van der Waals surface area contributed by atoms with Gasteiger partial charge in [0, 0.05) is 26.2 Å². The van der Waals surface area contributed by atoms with Crippen molar-refractivity contribution in [2.45, 2.75) is 31.7 Å². The lowest BCUT2D eigenvalue weighted by Crippen LogP contribution is -2.45. The molecule has 4 nitrogen and oxygen atoms in total. The van der Waals surface area contributed by atoms with Crippen LogP contribution in [-0.4, -0.2) is 68.8 Å². The van der Waals surface area contributed by atoms with Gasteiger partial charge in [0.1, 0.15) is 0 Å². The molecule has 2 heterocycles. The van der Waals surface area contributed by atoms with Gasteiger partial charge in [-0.2, -0.15) is 0 Å². The summed E-state index contributed by atoms with van der Waals surface area (Å²) in [4.78, 5) is 5.15. The fourth-order valence-corrected chi connectivity index (χ4v) is 3.28. The monoisotopic (exact) mass is 255 g/mol. The molecule has 0 amide bonds. The van der Waals surface area contributed by atoms with Crippen LogP contribution in [0.2, 0.25) is 0 Å². The average molecular weight is 255 g/mol. The Morgan fingerprint density at radius 3 is 2.39 bits per heavy atom. The Balaban J connectivity index is 1.61. The Kier molecular flexibility index (Phi) is 5.89. The van der Waals surface area contributed by atoms with E-state index >= 15 is 0 Å². The van der Waals surface area contributed by atoms with Crippen LogP contribution in [0.5, 0.6) is 0 Å². The summed E-state index contributed by atoms with van der Waals surface area (Å²) >= 11 is 0. The molecule has 2 rings (SSSR count). The van der Waals surface area contributed by atoms with E-state index in [1.165, 1.54) is 58.4 Å². The molecule has 0 aromatic rings. The molecule has 106 valence electrons. The normalized spacial score (nSPS) is 25.7. The number of likely N-dealkylation sites (tertiary alicyclic amines) is 2. The maximum Gasteiger partial charge on any atom is 0.0626 e. The highest BCUT2D eigenvalue weighted by atomic mass is 16.5. The first-order chi connectivity index (χ1) is 8.78.